The summed E-state index contributed by atoms with van der Waals surface area (Å²) in [5.74, 6) is 0.863. The molecule has 3 nitrogen and oxygen atoms in total. The molecular formula is C15H21NO2S. The van der Waals surface area contributed by atoms with Crippen LogP contribution in [0.4, 0.5) is 0 Å². The van der Waals surface area contributed by atoms with Crippen LogP contribution in [0.25, 0.3) is 0 Å². The highest BCUT2D eigenvalue weighted by Gasteiger charge is 2.25. The van der Waals surface area contributed by atoms with Crippen molar-refractivity contribution in [1.29, 1.82) is 0 Å². The van der Waals surface area contributed by atoms with E-state index in [2.05, 4.69) is 18.7 Å². The van der Waals surface area contributed by atoms with Gasteiger partial charge >= 0.3 is 0 Å². The lowest BCUT2D eigenvalue weighted by atomic mass is 10.1. The summed E-state index contributed by atoms with van der Waals surface area (Å²) in [6, 6.07) is 7.97. The molecule has 104 valence electrons. The smallest absolute Gasteiger partial charge is 0.129 e. The molecule has 1 aromatic carbocycles. The Balaban J connectivity index is 2.19. The van der Waals surface area contributed by atoms with E-state index >= 15 is 0 Å². The van der Waals surface area contributed by atoms with Crippen LogP contribution in [0.2, 0.25) is 0 Å². The number of rotatable bonds is 3. The molecule has 4 heteroatoms. The number of nitrogens with zero attached hydrogens (tertiary/aromatic N) is 1. The Morgan fingerprint density at radius 1 is 1.32 bits per heavy atom. The fourth-order valence-corrected chi connectivity index (χ4v) is 2.76. The largest absolute Gasteiger partial charge is 0.493 e. The topological polar surface area (TPSA) is 21.7 Å². The van der Waals surface area contributed by atoms with Crippen LogP contribution in [0.1, 0.15) is 26.3 Å². The molecule has 1 heterocycles. The molecule has 1 aliphatic heterocycles. The van der Waals surface area contributed by atoms with Gasteiger partial charge in [-0.05, 0) is 32.9 Å². The van der Waals surface area contributed by atoms with Gasteiger partial charge in [-0.3, -0.25) is 0 Å². The van der Waals surface area contributed by atoms with E-state index in [0.717, 1.165) is 29.4 Å². The highest BCUT2D eigenvalue weighted by Crippen LogP contribution is 2.23. The average Bonchev–Trinajstić information content (AvgIpc) is 2.38. The number of benzene rings is 1. The maximum Gasteiger partial charge on any atom is 0.129 e. The van der Waals surface area contributed by atoms with Crippen molar-refractivity contribution in [2.45, 2.75) is 33.0 Å². The van der Waals surface area contributed by atoms with Gasteiger partial charge in [0, 0.05) is 13.1 Å². The quantitative estimate of drug-likeness (QED) is 0.793. The van der Waals surface area contributed by atoms with Crippen LogP contribution in [-0.2, 0) is 4.74 Å². The molecule has 0 amide bonds. The number of thiocarbonyl (C=S) groups is 1. The van der Waals surface area contributed by atoms with Gasteiger partial charge in [-0.25, -0.2) is 0 Å². The molecule has 0 N–H and O–H groups in total. The van der Waals surface area contributed by atoms with E-state index in [1.54, 1.807) is 0 Å². The molecule has 2 atom stereocenters. The molecule has 1 saturated heterocycles. The van der Waals surface area contributed by atoms with E-state index in [1.807, 2.05) is 31.2 Å². The molecule has 2 unspecified atom stereocenters. The Kier molecular flexibility index (Phi) is 4.77. The standard InChI is InChI=1S/C15H21NO2S/c1-4-17-14-8-6-5-7-13(14)15(19)16-9-11(2)18-12(3)10-16/h5-8,11-12H,4,9-10H2,1-3H3. The molecule has 0 aromatic heterocycles. The second kappa shape index (κ2) is 6.35. The van der Waals surface area contributed by atoms with Crippen molar-refractivity contribution in [3.63, 3.8) is 0 Å². The Labute approximate surface area is 120 Å². The molecule has 2 rings (SSSR count). The molecule has 0 spiro atoms. The number of morpholine rings is 1. The molecule has 0 aliphatic carbocycles. The summed E-state index contributed by atoms with van der Waals surface area (Å²) in [4.78, 5) is 3.07. The number of ether oxygens (including phenoxy) is 2. The lowest BCUT2D eigenvalue weighted by Crippen LogP contribution is -2.47. The Bertz CT molecular complexity index is 440. The summed E-state index contributed by atoms with van der Waals surface area (Å²) in [6.07, 6.45) is 0.418. The van der Waals surface area contributed by atoms with E-state index in [-0.39, 0.29) is 12.2 Å². The van der Waals surface area contributed by atoms with E-state index < -0.39 is 0 Å². The van der Waals surface area contributed by atoms with Crippen molar-refractivity contribution in [3.8, 4) is 5.75 Å². The van der Waals surface area contributed by atoms with E-state index in [9.17, 15) is 0 Å². The second-order valence-corrected chi connectivity index (χ2v) is 5.28. The van der Waals surface area contributed by atoms with Crippen molar-refractivity contribution < 1.29 is 9.47 Å². The van der Waals surface area contributed by atoms with Crippen molar-refractivity contribution in [2.75, 3.05) is 19.7 Å². The zero-order valence-corrected chi connectivity index (χ0v) is 12.6. The number of para-hydroxylation sites is 1. The summed E-state index contributed by atoms with van der Waals surface area (Å²) in [5.41, 5.74) is 1.00. The zero-order chi connectivity index (χ0) is 13.8. The summed E-state index contributed by atoms with van der Waals surface area (Å²) in [7, 11) is 0. The summed E-state index contributed by atoms with van der Waals surface area (Å²) >= 11 is 5.64. The van der Waals surface area contributed by atoms with Gasteiger partial charge in [0.1, 0.15) is 10.7 Å². The molecular weight excluding hydrogens is 258 g/mol. The molecule has 1 aromatic rings. The molecule has 0 radical (unpaired) electrons. The zero-order valence-electron chi connectivity index (χ0n) is 11.8. The van der Waals surface area contributed by atoms with Gasteiger partial charge < -0.3 is 14.4 Å². The SMILES string of the molecule is CCOc1ccccc1C(=S)N1CC(C)OC(C)C1. The van der Waals surface area contributed by atoms with Crippen molar-refractivity contribution in [3.05, 3.63) is 29.8 Å². The Hall–Kier alpha value is -1.13. The van der Waals surface area contributed by atoms with Crippen LogP contribution in [-0.4, -0.2) is 41.8 Å². The van der Waals surface area contributed by atoms with Crippen LogP contribution >= 0.6 is 12.2 Å². The fraction of sp³-hybridized carbons (Fsp3) is 0.533. The molecule has 1 aliphatic rings. The van der Waals surface area contributed by atoms with E-state index in [4.69, 9.17) is 21.7 Å². The van der Waals surface area contributed by atoms with Gasteiger partial charge in [0.25, 0.3) is 0 Å². The number of hydrogen-bond donors (Lipinski definition) is 0. The van der Waals surface area contributed by atoms with Gasteiger partial charge in [-0.1, -0.05) is 24.4 Å². The maximum atomic E-state index is 5.75. The molecule has 0 bridgehead atoms. The first-order chi connectivity index (χ1) is 9.11. The van der Waals surface area contributed by atoms with Gasteiger partial charge in [0.05, 0.1) is 24.4 Å². The predicted octanol–water partition coefficient (Wildman–Crippen LogP) is 2.87. The summed E-state index contributed by atoms with van der Waals surface area (Å²) in [5, 5.41) is 0. The lowest BCUT2D eigenvalue weighted by Gasteiger charge is -2.37. The second-order valence-electron chi connectivity index (χ2n) is 4.90. The van der Waals surface area contributed by atoms with Gasteiger partial charge in [0.15, 0.2) is 0 Å². The minimum atomic E-state index is 0.209. The third-order valence-corrected chi connectivity index (χ3v) is 3.60. The normalized spacial score (nSPS) is 23.2. The van der Waals surface area contributed by atoms with Crippen molar-refractivity contribution in [2.24, 2.45) is 0 Å². The lowest BCUT2D eigenvalue weighted by molar-refractivity contribution is -0.0472. The monoisotopic (exact) mass is 279 g/mol. The Morgan fingerprint density at radius 3 is 2.58 bits per heavy atom. The first-order valence-electron chi connectivity index (χ1n) is 6.78. The van der Waals surface area contributed by atoms with Crippen LogP contribution in [0, 0.1) is 0 Å². The van der Waals surface area contributed by atoms with Crippen LogP contribution in [0.5, 0.6) is 5.75 Å². The maximum absolute atomic E-state index is 5.75. The van der Waals surface area contributed by atoms with Gasteiger partial charge in [-0.2, -0.15) is 0 Å². The van der Waals surface area contributed by atoms with Crippen LogP contribution < -0.4 is 4.74 Å². The summed E-state index contributed by atoms with van der Waals surface area (Å²) in [6.45, 7) is 8.47. The van der Waals surface area contributed by atoms with Crippen LogP contribution in [0.15, 0.2) is 24.3 Å². The fourth-order valence-electron chi connectivity index (χ4n) is 2.44. The molecule has 0 saturated carbocycles. The van der Waals surface area contributed by atoms with Gasteiger partial charge in [-0.15, -0.1) is 0 Å². The Morgan fingerprint density at radius 2 is 1.95 bits per heavy atom. The third-order valence-electron chi connectivity index (χ3n) is 3.12. The van der Waals surface area contributed by atoms with Crippen molar-refractivity contribution in [1.82, 2.24) is 4.90 Å². The first kappa shape index (κ1) is 14.3. The van der Waals surface area contributed by atoms with E-state index in [1.165, 1.54) is 0 Å². The van der Waals surface area contributed by atoms with Gasteiger partial charge in [0.2, 0.25) is 0 Å². The van der Waals surface area contributed by atoms with E-state index in [0.29, 0.717) is 6.61 Å². The molecule has 1 fully saturated rings. The minimum Gasteiger partial charge on any atom is -0.493 e. The first-order valence-corrected chi connectivity index (χ1v) is 7.19. The number of hydrogen-bond acceptors (Lipinski definition) is 3. The van der Waals surface area contributed by atoms with Crippen LogP contribution in [0.3, 0.4) is 0 Å². The highest BCUT2D eigenvalue weighted by atomic mass is 32.1. The average molecular weight is 279 g/mol. The van der Waals surface area contributed by atoms with Crippen molar-refractivity contribution >= 4 is 17.2 Å². The summed E-state index contributed by atoms with van der Waals surface area (Å²) < 4.78 is 11.4. The predicted molar refractivity (Wildman–Crippen MR) is 80.9 cm³/mol. The third kappa shape index (κ3) is 3.45. The molecule has 19 heavy (non-hydrogen) atoms. The minimum absolute atomic E-state index is 0.209. The highest BCUT2D eigenvalue weighted by molar-refractivity contribution is 7.80.